The highest BCUT2D eigenvalue weighted by atomic mass is 79.9. The number of para-hydroxylation sites is 1. The highest BCUT2D eigenvalue weighted by Gasteiger charge is 2.88. The average molecular weight is 506 g/mol. The molecule has 1 aliphatic carbocycles. The summed E-state index contributed by atoms with van der Waals surface area (Å²) in [5.41, 5.74) is -1.38. The Hall–Kier alpha value is -3.45. The molecule has 5 rings (SSSR count). The second-order valence-corrected chi connectivity index (χ2v) is 9.31. The molecule has 3 aromatic carbocycles. The molecule has 7 heteroatoms. The Morgan fingerprint density at radius 2 is 1.67 bits per heavy atom. The van der Waals surface area contributed by atoms with E-state index in [0.29, 0.717) is 28.3 Å². The Labute approximate surface area is 199 Å². The third-order valence-electron chi connectivity index (χ3n) is 6.78. The Morgan fingerprint density at radius 1 is 1.00 bits per heavy atom. The monoisotopic (exact) mass is 505 g/mol. The van der Waals surface area contributed by atoms with Gasteiger partial charge in [0.05, 0.1) is 12.5 Å². The number of Topliss-reactive ketones (excluding diaryl/α,β-unsaturated/α-hetero) is 1. The number of methoxy groups -OCH3 is 1. The molecule has 1 heterocycles. The quantitative estimate of drug-likeness (QED) is 0.228. The molecule has 1 fully saturated rings. The molecule has 1 amide bonds. The molecule has 166 valence electrons. The van der Waals surface area contributed by atoms with Crippen LogP contribution >= 0.6 is 15.9 Å². The van der Waals surface area contributed by atoms with Crippen molar-refractivity contribution in [2.75, 3.05) is 12.4 Å². The van der Waals surface area contributed by atoms with E-state index in [9.17, 15) is 14.4 Å². The van der Waals surface area contributed by atoms with Crippen molar-refractivity contribution in [1.82, 2.24) is 0 Å². The summed E-state index contributed by atoms with van der Waals surface area (Å²) in [6, 6.07) is 20.7. The summed E-state index contributed by atoms with van der Waals surface area (Å²) in [6.45, 7) is 1.68. The minimum absolute atomic E-state index is 0.279. The number of hydrogen-bond acceptors (Lipinski definition) is 5. The van der Waals surface area contributed by atoms with E-state index in [2.05, 4.69) is 21.2 Å². The summed E-state index contributed by atoms with van der Waals surface area (Å²) < 4.78 is 11.6. The van der Waals surface area contributed by atoms with Crippen molar-refractivity contribution >= 4 is 39.3 Å². The topological polar surface area (TPSA) is 81.7 Å². The van der Waals surface area contributed by atoms with Gasteiger partial charge in [-0.15, -0.1) is 0 Å². The average Bonchev–Trinajstić information content (AvgIpc) is 3.43. The molecule has 2 aliphatic rings. The van der Waals surface area contributed by atoms with E-state index in [1.54, 1.807) is 74.7 Å². The third-order valence-corrected chi connectivity index (χ3v) is 7.31. The maximum Gasteiger partial charge on any atom is 0.328 e. The number of esters is 1. The molecule has 1 aliphatic heterocycles. The molecule has 0 unspecified atom stereocenters. The number of halogens is 1. The van der Waals surface area contributed by atoms with Crippen molar-refractivity contribution in [3.8, 4) is 11.5 Å². The number of ketones is 1. The second kappa shape index (κ2) is 7.56. The first-order valence-corrected chi connectivity index (χ1v) is 11.2. The van der Waals surface area contributed by atoms with E-state index in [0.717, 1.165) is 4.47 Å². The molecular formula is C26H20BrNO5. The Bertz CT molecular complexity index is 1290. The van der Waals surface area contributed by atoms with Gasteiger partial charge in [-0.1, -0.05) is 46.3 Å². The van der Waals surface area contributed by atoms with E-state index >= 15 is 0 Å². The van der Waals surface area contributed by atoms with Crippen LogP contribution in [0.25, 0.3) is 0 Å². The smallest absolute Gasteiger partial charge is 0.328 e. The van der Waals surface area contributed by atoms with Gasteiger partial charge in [0, 0.05) is 27.2 Å². The summed E-state index contributed by atoms with van der Waals surface area (Å²) in [4.78, 5) is 40.9. The van der Waals surface area contributed by atoms with Crippen LogP contribution in [0.5, 0.6) is 11.5 Å². The van der Waals surface area contributed by atoms with Crippen molar-refractivity contribution < 1.29 is 23.9 Å². The lowest BCUT2D eigenvalue weighted by Crippen LogP contribution is -2.42. The lowest BCUT2D eigenvalue weighted by atomic mass is 9.86. The van der Waals surface area contributed by atoms with Gasteiger partial charge in [-0.25, -0.2) is 0 Å². The van der Waals surface area contributed by atoms with Crippen LogP contribution in [0.15, 0.2) is 77.3 Å². The number of anilines is 1. The zero-order chi connectivity index (χ0) is 23.4. The van der Waals surface area contributed by atoms with Crippen LogP contribution in [0.4, 0.5) is 5.69 Å². The number of fused-ring (bicyclic) bond motifs is 3. The fourth-order valence-corrected chi connectivity index (χ4v) is 5.32. The van der Waals surface area contributed by atoms with E-state index in [-0.39, 0.29) is 5.78 Å². The summed E-state index contributed by atoms with van der Waals surface area (Å²) in [5.74, 6) is -1.19. The molecule has 6 nitrogen and oxygen atoms in total. The van der Waals surface area contributed by atoms with Crippen LogP contribution in [-0.4, -0.2) is 24.8 Å². The second-order valence-electron chi connectivity index (χ2n) is 8.39. The minimum Gasteiger partial charge on any atom is -0.497 e. The molecule has 0 bridgehead atoms. The Morgan fingerprint density at radius 3 is 2.33 bits per heavy atom. The maximum atomic E-state index is 13.8. The van der Waals surface area contributed by atoms with Crippen molar-refractivity contribution in [3.05, 3.63) is 88.4 Å². The predicted octanol–water partition coefficient (Wildman–Crippen LogP) is 4.99. The number of carbonyl (C=O) groups is 3. The molecule has 1 N–H and O–H groups in total. The zero-order valence-corrected chi connectivity index (χ0v) is 19.5. The summed E-state index contributed by atoms with van der Waals surface area (Å²) in [6.07, 6.45) is 0. The number of amides is 1. The number of nitrogens with one attached hydrogen (secondary N) is 1. The van der Waals surface area contributed by atoms with E-state index in [1.807, 2.05) is 12.1 Å². The van der Waals surface area contributed by atoms with Crippen LogP contribution in [0.3, 0.4) is 0 Å². The van der Waals surface area contributed by atoms with Crippen molar-refractivity contribution in [2.24, 2.45) is 10.8 Å². The van der Waals surface area contributed by atoms with E-state index in [4.69, 9.17) is 9.47 Å². The standard InChI is InChI=1S/C26H20BrNO5/c1-25(22(29)15-7-9-16(27)10-8-15)21-19-5-3-4-6-20(19)33-24(31)26(21,25)23(30)28-17-11-13-18(32-2)14-12-17/h3-14,21H,1-2H3,(H,28,30)/t21-,25-,26-/m0/s1. The Kier molecular flexibility index (Phi) is 4.90. The molecule has 0 spiro atoms. The first-order chi connectivity index (χ1) is 15.8. The fraction of sp³-hybridized carbons (Fsp3) is 0.192. The van der Waals surface area contributed by atoms with E-state index in [1.165, 1.54) is 0 Å². The van der Waals surface area contributed by atoms with Crippen LogP contribution < -0.4 is 14.8 Å². The number of benzene rings is 3. The predicted molar refractivity (Wildman–Crippen MR) is 125 cm³/mol. The highest BCUT2D eigenvalue weighted by Crippen LogP contribution is 2.78. The summed E-state index contributed by atoms with van der Waals surface area (Å²) >= 11 is 3.38. The Balaban J connectivity index is 1.60. The molecule has 0 saturated heterocycles. The van der Waals surface area contributed by atoms with Gasteiger partial charge in [-0.3, -0.25) is 14.4 Å². The molecule has 1 saturated carbocycles. The maximum absolute atomic E-state index is 13.8. The van der Waals surface area contributed by atoms with Gasteiger partial charge >= 0.3 is 5.97 Å². The summed E-state index contributed by atoms with van der Waals surface area (Å²) in [7, 11) is 1.55. The van der Waals surface area contributed by atoms with Gasteiger partial charge in [0.2, 0.25) is 5.91 Å². The van der Waals surface area contributed by atoms with Crippen LogP contribution in [0.1, 0.15) is 28.8 Å². The van der Waals surface area contributed by atoms with Gasteiger partial charge < -0.3 is 14.8 Å². The van der Waals surface area contributed by atoms with Gasteiger partial charge in [0.15, 0.2) is 11.2 Å². The lowest BCUT2D eigenvalue weighted by Gasteiger charge is -2.23. The van der Waals surface area contributed by atoms with Crippen LogP contribution in [0.2, 0.25) is 0 Å². The number of rotatable bonds is 5. The molecule has 0 radical (unpaired) electrons. The number of hydrogen-bond donors (Lipinski definition) is 1. The number of carbonyl (C=O) groups excluding carboxylic acids is 3. The van der Waals surface area contributed by atoms with E-state index < -0.39 is 28.6 Å². The molecule has 3 aromatic rings. The molecular weight excluding hydrogens is 486 g/mol. The molecule has 33 heavy (non-hydrogen) atoms. The van der Waals surface area contributed by atoms with Gasteiger partial charge in [-0.05, 0) is 49.4 Å². The highest BCUT2D eigenvalue weighted by molar-refractivity contribution is 9.10. The number of ether oxygens (including phenoxy) is 2. The van der Waals surface area contributed by atoms with Crippen molar-refractivity contribution in [2.45, 2.75) is 12.8 Å². The fourth-order valence-electron chi connectivity index (χ4n) is 5.06. The zero-order valence-electron chi connectivity index (χ0n) is 17.9. The molecule has 0 aromatic heterocycles. The SMILES string of the molecule is COc1ccc(NC(=O)[C@]23C(=O)Oc4ccccc4[C@H]2[C@@]3(C)C(=O)c2ccc(Br)cc2)cc1. The van der Waals surface area contributed by atoms with Crippen molar-refractivity contribution in [3.63, 3.8) is 0 Å². The van der Waals surface area contributed by atoms with Crippen molar-refractivity contribution in [1.29, 1.82) is 0 Å². The first-order valence-electron chi connectivity index (χ1n) is 10.4. The van der Waals surface area contributed by atoms with Gasteiger partial charge in [-0.2, -0.15) is 0 Å². The third kappa shape index (κ3) is 2.95. The molecule has 3 atom stereocenters. The van der Waals surface area contributed by atoms with Gasteiger partial charge in [0.25, 0.3) is 0 Å². The largest absolute Gasteiger partial charge is 0.497 e. The normalized spacial score (nSPS) is 24.7. The lowest BCUT2D eigenvalue weighted by molar-refractivity contribution is -0.147. The summed E-state index contributed by atoms with van der Waals surface area (Å²) in [5, 5.41) is 2.82. The van der Waals surface area contributed by atoms with Crippen LogP contribution in [0, 0.1) is 10.8 Å². The minimum atomic E-state index is -1.68. The van der Waals surface area contributed by atoms with Crippen LogP contribution in [-0.2, 0) is 9.59 Å². The first kappa shape index (κ1) is 21.4. The van der Waals surface area contributed by atoms with Gasteiger partial charge in [0.1, 0.15) is 11.5 Å².